The molecule has 0 saturated heterocycles. The number of aromatic nitrogens is 2. The summed E-state index contributed by atoms with van der Waals surface area (Å²) < 4.78 is 38.0. The predicted octanol–water partition coefficient (Wildman–Crippen LogP) is 7.48. The van der Waals surface area contributed by atoms with Crippen LogP contribution in [-0.4, -0.2) is 34.0 Å². The van der Waals surface area contributed by atoms with Crippen LogP contribution in [0.4, 0.5) is 8.78 Å². The molecule has 4 aromatic rings. The Kier molecular flexibility index (Phi) is 7.28. The van der Waals surface area contributed by atoms with Crippen molar-refractivity contribution in [2.24, 2.45) is 0 Å². The van der Waals surface area contributed by atoms with E-state index < -0.39 is 11.6 Å². The van der Waals surface area contributed by atoms with Crippen molar-refractivity contribution in [3.8, 4) is 39.4 Å². The number of imidazole rings is 1. The first-order valence-electron chi connectivity index (χ1n) is 12.7. The maximum absolute atomic E-state index is 15.9. The Morgan fingerprint density at radius 1 is 1.08 bits per heavy atom. The van der Waals surface area contributed by atoms with Crippen molar-refractivity contribution in [1.82, 2.24) is 14.5 Å². The van der Waals surface area contributed by atoms with Gasteiger partial charge in [-0.1, -0.05) is 62.4 Å². The zero-order valence-electron chi connectivity index (χ0n) is 22.0. The molecule has 0 N–H and O–H groups in total. The Balaban J connectivity index is 1.74. The van der Waals surface area contributed by atoms with Gasteiger partial charge >= 0.3 is 0 Å². The molecule has 5 rings (SSSR count). The minimum absolute atomic E-state index is 0.0340. The van der Waals surface area contributed by atoms with Gasteiger partial charge in [-0.25, -0.2) is 13.8 Å². The molecule has 0 unspecified atom stereocenters. The number of ether oxygens (including phenoxy) is 1. The monoisotopic (exact) mass is 547 g/mol. The summed E-state index contributed by atoms with van der Waals surface area (Å²) >= 11 is 6.68. The highest BCUT2D eigenvalue weighted by atomic mass is 35.5. The van der Waals surface area contributed by atoms with Crippen molar-refractivity contribution in [2.75, 3.05) is 13.7 Å². The molecule has 1 aromatic heterocycles. The average molecular weight is 548 g/mol. The van der Waals surface area contributed by atoms with Gasteiger partial charge in [0.15, 0.2) is 0 Å². The largest absolute Gasteiger partial charge is 0.496 e. The Morgan fingerprint density at radius 2 is 1.85 bits per heavy atom. The normalized spacial score (nSPS) is 12.9. The van der Waals surface area contributed by atoms with Gasteiger partial charge in [0.1, 0.15) is 23.2 Å². The van der Waals surface area contributed by atoms with E-state index in [0.717, 1.165) is 11.1 Å². The number of nitrogens with zero attached hydrogens (tertiary/aromatic N) is 3. The Hall–Kier alpha value is -3.97. The Morgan fingerprint density at radius 3 is 2.54 bits per heavy atom. The van der Waals surface area contributed by atoms with E-state index in [1.165, 1.54) is 31.4 Å². The quantitative estimate of drug-likeness (QED) is 0.235. The third-order valence-electron chi connectivity index (χ3n) is 7.06. The second-order valence-corrected chi connectivity index (χ2v) is 10.1. The van der Waals surface area contributed by atoms with Gasteiger partial charge < -0.3 is 14.2 Å². The molecule has 1 aliphatic heterocycles. The van der Waals surface area contributed by atoms with Crippen LogP contribution in [0.15, 0.2) is 67.3 Å². The number of carbonyl (C=O) groups is 1. The molecule has 200 valence electrons. The fraction of sp³-hybridized carbons (Fsp3) is 0.226. The summed E-state index contributed by atoms with van der Waals surface area (Å²) in [6.07, 6.45) is 1.29. The maximum atomic E-state index is 15.9. The second kappa shape index (κ2) is 10.7. The Labute approximate surface area is 231 Å². The summed E-state index contributed by atoms with van der Waals surface area (Å²) in [5.74, 6) is -0.419. The van der Waals surface area contributed by atoms with E-state index >= 15 is 4.39 Å². The topological polar surface area (TPSA) is 47.4 Å². The van der Waals surface area contributed by atoms with Crippen LogP contribution in [0.25, 0.3) is 33.6 Å². The summed E-state index contributed by atoms with van der Waals surface area (Å²) in [5.41, 5.74) is 3.78. The summed E-state index contributed by atoms with van der Waals surface area (Å²) in [5, 5.41) is 0.0475. The van der Waals surface area contributed by atoms with Crippen molar-refractivity contribution in [1.29, 1.82) is 0 Å². The van der Waals surface area contributed by atoms with Gasteiger partial charge in [-0.2, -0.15) is 0 Å². The van der Waals surface area contributed by atoms with Crippen LogP contribution >= 0.6 is 11.6 Å². The van der Waals surface area contributed by atoms with E-state index in [9.17, 15) is 9.18 Å². The van der Waals surface area contributed by atoms with Crippen molar-refractivity contribution >= 4 is 17.5 Å². The summed E-state index contributed by atoms with van der Waals surface area (Å²) in [7, 11) is 1.40. The van der Waals surface area contributed by atoms with E-state index in [4.69, 9.17) is 21.3 Å². The molecular formula is C31H28ClF2N3O2. The van der Waals surface area contributed by atoms with Crippen molar-refractivity contribution in [3.05, 3.63) is 95.3 Å². The highest BCUT2D eigenvalue weighted by Crippen LogP contribution is 2.43. The van der Waals surface area contributed by atoms with Gasteiger partial charge in [-0.05, 0) is 41.8 Å². The molecule has 8 heteroatoms. The lowest BCUT2D eigenvalue weighted by Crippen LogP contribution is -2.37. The lowest BCUT2D eigenvalue weighted by Gasteiger charge is -2.27. The van der Waals surface area contributed by atoms with Gasteiger partial charge in [0.25, 0.3) is 0 Å². The van der Waals surface area contributed by atoms with Crippen LogP contribution in [0.3, 0.4) is 0 Å². The van der Waals surface area contributed by atoms with E-state index in [1.807, 2.05) is 22.8 Å². The van der Waals surface area contributed by atoms with Crippen LogP contribution < -0.4 is 4.74 Å². The lowest BCUT2D eigenvalue weighted by atomic mass is 9.93. The van der Waals surface area contributed by atoms with Crippen LogP contribution in [0.1, 0.15) is 31.2 Å². The fourth-order valence-electron chi connectivity index (χ4n) is 5.21. The number of halogens is 3. The zero-order valence-corrected chi connectivity index (χ0v) is 22.7. The SMILES string of the molecule is C=CC(=O)N1CCn2c(nc(-c3ccccc3C(C)C)c2-c2cc(F)c(-c3c(F)cccc3OC)c(Cl)c2)C1. The van der Waals surface area contributed by atoms with E-state index in [1.54, 1.807) is 17.0 Å². The molecule has 0 aliphatic carbocycles. The molecule has 0 fully saturated rings. The second-order valence-electron chi connectivity index (χ2n) is 9.71. The van der Waals surface area contributed by atoms with Gasteiger partial charge in [-0.3, -0.25) is 4.79 Å². The first-order chi connectivity index (χ1) is 18.7. The number of amides is 1. The molecule has 1 amide bonds. The molecular weight excluding hydrogens is 520 g/mol. The number of hydrogen-bond donors (Lipinski definition) is 0. The van der Waals surface area contributed by atoms with Gasteiger partial charge in [0.05, 0.1) is 35.6 Å². The molecule has 3 aromatic carbocycles. The first kappa shape index (κ1) is 26.6. The molecule has 0 radical (unpaired) electrons. The van der Waals surface area contributed by atoms with Gasteiger partial charge in [-0.15, -0.1) is 0 Å². The Bertz CT molecular complexity index is 1570. The fourth-order valence-corrected chi connectivity index (χ4v) is 5.51. The number of hydrogen-bond acceptors (Lipinski definition) is 3. The molecule has 2 heterocycles. The lowest BCUT2D eigenvalue weighted by molar-refractivity contribution is -0.127. The van der Waals surface area contributed by atoms with Gasteiger partial charge in [0, 0.05) is 29.8 Å². The smallest absolute Gasteiger partial charge is 0.246 e. The van der Waals surface area contributed by atoms with Crippen molar-refractivity contribution in [2.45, 2.75) is 32.9 Å². The highest BCUT2D eigenvalue weighted by Gasteiger charge is 2.29. The minimum Gasteiger partial charge on any atom is -0.496 e. The highest BCUT2D eigenvalue weighted by molar-refractivity contribution is 6.33. The van der Waals surface area contributed by atoms with Crippen molar-refractivity contribution < 1.29 is 18.3 Å². The number of methoxy groups -OCH3 is 1. The summed E-state index contributed by atoms with van der Waals surface area (Å²) in [6.45, 7) is 9.02. The molecule has 0 saturated carbocycles. The van der Waals surface area contributed by atoms with Crippen LogP contribution in [0, 0.1) is 11.6 Å². The maximum Gasteiger partial charge on any atom is 0.246 e. The molecule has 0 bridgehead atoms. The first-order valence-corrected chi connectivity index (χ1v) is 13.0. The minimum atomic E-state index is -0.682. The van der Waals surface area contributed by atoms with E-state index in [-0.39, 0.29) is 33.7 Å². The number of fused-ring (bicyclic) bond motifs is 1. The number of benzene rings is 3. The van der Waals surface area contributed by atoms with Crippen LogP contribution in [0.5, 0.6) is 5.75 Å². The third kappa shape index (κ3) is 4.72. The number of rotatable bonds is 6. The average Bonchev–Trinajstić information content (AvgIpc) is 3.31. The summed E-state index contributed by atoms with van der Waals surface area (Å²) in [4.78, 5) is 19.0. The van der Waals surface area contributed by atoms with Crippen LogP contribution in [-0.2, 0) is 17.9 Å². The zero-order chi connectivity index (χ0) is 27.8. The van der Waals surface area contributed by atoms with Crippen LogP contribution in [0.2, 0.25) is 5.02 Å². The standard InChI is InChI=1S/C31H28ClF2N3O2/c1-5-27(38)36-13-14-37-26(17-36)35-30(21-10-7-6-9-20(21)18(2)3)31(37)19-15-22(32)28(24(34)16-19)29-23(33)11-8-12-25(29)39-4/h5-12,15-16,18H,1,13-14,17H2,2-4H3. The third-order valence-corrected chi connectivity index (χ3v) is 7.36. The van der Waals surface area contributed by atoms with Crippen molar-refractivity contribution in [3.63, 3.8) is 0 Å². The van der Waals surface area contributed by atoms with E-state index in [2.05, 4.69) is 26.5 Å². The summed E-state index contributed by atoms with van der Waals surface area (Å²) in [6, 6.07) is 15.3. The van der Waals surface area contributed by atoms with E-state index in [0.29, 0.717) is 42.4 Å². The number of carbonyl (C=O) groups excluding carboxylic acids is 1. The predicted molar refractivity (Wildman–Crippen MR) is 150 cm³/mol. The van der Waals surface area contributed by atoms with Gasteiger partial charge in [0.2, 0.25) is 5.91 Å². The molecule has 5 nitrogen and oxygen atoms in total. The molecule has 1 aliphatic rings. The molecule has 0 spiro atoms. The molecule has 39 heavy (non-hydrogen) atoms. The molecule has 0 atom stereocenters.